The Labute approximate surface area is 142 Å². The molecule has 0 bridgehead atoms. The van der Waals surface area contributed by atoms with Gasteiger partial charge in [0.05, 0.1) is 16.4 Å². The third-order valence-corrected chi connectivity index (χ3v) is 4.85. The van der Waals surface area contributed by atoms with Gasteiger partial charge in [-0.3, -0.25) is 4.79 Å². The summed E-state index contributed by atoms with van der Waals surface area (Å²) in [6, 6.07) is 12.4. The number of benzene rings is 1. The summed E-state index contributed by atoms with van der Waals surface area (Å²) in [7, 11) is 0. The summed E-state index contributed by atoms with van der Waals surface area (Å²) in [5.41, 5.74) is 0.907. The summed E-state index contributed by atoms with van der Waals surface area (Å²) in [6.45, 7) is 0.191. The Morgan fingerprint density at radius 3 is 2.78 bits per heavy atom. The van der Waals surface area contributed by atoms with E-state index in [1.807, 2.05) is 36.4 Å². The second kappa shape index (κ2) is 7.02. The van der Waals surface area contributed by atoms with E-state index in [0.717, 1.165) is 10.4 Å². The number of carbonyl (C=O) groups is 2. The molecule has 2 N–H and O–H groups in total. The molecule has 3 rings (SSSR count). The fourth-order valence-corrected chi connectivity index (χ4v) is 3.64. The van der Waals surface area contributed by atoms with Gasteiger partial charge in [-0.1, -0.05) is 41.9 Å². The minimum atomic E-state index is -0.539. The maximum atomic E-state index is 12.0. The molecule has 2 atom stereocenters. The Hall–Kier alpha value is -2.05. The summed E-state index contributed by atoms with van der Waals surface area (Å²) >= 11 is 7.33. The van der Waals surface area contributed by atoms with Crippen LogP contribution < -0.4 is 10.6 Å². The average molecular weight is 351 g/mol. The van der Waals surface area contributed by atoms with E-state index in [-0.39, 0.29) is 31.0 Å². The number of nitrogens with one attached hydrogen (secondary N) is 2. The molecule has 2 heterocycles. The topological polar surface area (TPSA) is 67.4 Å². The second-order valence-electron chi connectivity index (χ2n) is 5.20. The quantitative estimate of drug-likeness (QED) is 0.889. The van der Waals surface area contributed by atoms with Crippen LogP contribution in [0.5, 0.6) is 0 Å². The fraction of sp³-hybridized carbons (Fsp3) is 0.250. The molecule has 1 unspecified atom stereocenters. The van der Waals surface area contributed by atoms with Gasteiger partial charge in [0, 0.05) is 11.3 Å². The summed E-state index contributed by atoms with van der Waals surface area (Å²) in [5.74, 6) is -0.104. The number of thiophene rings is 1. The van der Waals surface area contributed by atoms with Gasteiger partial charge < -0.3 is 15.4 Å². The van der Waals surface area contributed by atoms with E-state index >= 15 is 0 Å². The van der Waals surface area contributed by atoms with Gasteiger partial charge >= 0.3 is 6.09 Å². The number of ether oxygens (including phenoxy) is 1. The minimum absolute atomic E-state index is 0.104. The molecular weight excluding hydrogens is 336 g/mol. The third kappa shape index (κ3) is 4.03. The van der Waals surface area contributed by atoms with E-state index in [4.69, 9.17) is 16.3 Å². The van der Waals surface area contributed by atoms with Gasteiger partial charge in [0.25, 0.3) is 0 Å². The first-order valence-electron chi connectivity index (χ1n) is 7.13. The van der Waals surface area contributed by atoms with Crippen molar-refractivity contribution in [2.45, 2.75) is 25.1 Å². The molecule has 1 saturated heterocycles. The molecule has 0 spiro atoms. The van der Waals surface area contributed by atoms with E-state index in [9.17, 15) is 9.59 Å². The number of hydrogen-bond donors (Lipinski definition) is 2. The van der Waals surface area contributed by atoms with E-state index in [1.54, 1.807) is 6.07 Å². The second-order valence-corrected chi connectivity index (χ2v) is 6.95. The standard InChI is InChI=1S/C16H15ClN2O3S/c17-13-7-6-12(23-13)15-11(8-14(20)19-15)18-16(21)22-9-10-4-2-1-3-5-10/h1-7,11,15H,8-9H2,(H,18,21)(H,19,20)/t11-,15?/m0/s1. The zero-order chi connectivity index (χ0) is 16.2. The largest absolute Gasteiger partial charge is 0.445 e. The zero-order valence-electron chi connectivity index (χ0n) is 12.1. The Bertz CT molecular complexity index is 704. The number of rotatable bonds is 4. The van der Waals surface area contributed by atoms with Crippen LogP contribution in [0, 0.1) is 0 Å². The van der Waals surface area contributed by atoms with E-state index < -0.39 is 6.09 Å². The Morgan fingerprint density at radius 1 is 1.30 bits per heavy atom. The molecule has 0 aliphatic carbocycles. The van der Waals surface area contributed by atoms with Crippen LogP contribution in [0.2, 0.25) is 4.34 Å². The number of carbonyl (C=O) groups excluding carboxylic acids is 2. The molecule has 0 radical (unpaired) electrons. The number of alkyl carbamates (subject to hydrolysis) is 1. The van der Waals surface area contributed by atoms with E-state index in [0.29, 0.717) is 4.34 Å². The lowest BCUT2D eigenvalue weighted by Gasteiger charge is -2.18. The summed E-state index contributed by atoms with van der Waals surface area (Å²) < 4.78 is 5.85. The first-order chi connectivity index (χ1) is 11.1. The van der Waals surface area contributed by atoms with Crippen molar-refractivity contribution in [1.29, 1.82) is 0 Å². The first-order valence-corrected chi connectivity index (χ1v) is 8.33. The van der Waals surface area contributed by atoms with Gasteiger partial charge in [-0.25, -0.2) is 4.79 Å². The maximum Gasteiger partial charge on any atom is 0.407 e. The molecule has 1 aliphatic rings. The summed E-state index contributed by atoms with van der Waals surface area (Å²) in [6.07, 6.45) is -0.316. The predicted octanol–water partition coefficient (Wildman–Crippen LogP) is 3.26. The van der Waals surface area contributed by atoms with E-state index in [1.165, 1.54) is 11.3 Å². The van der Waals surface area contributed by atoms with Gasteiger partial charge in [0.1, 0.15) is 6.61 Å². The highest BCUT2D eigenvalue weighted by Gasteiger charge is 2.35. The Kier molecular flexibility index (Phi) is 4.83. The number of halogens is 1. The molecule has 120 valence electrons. The van der Waals surface area contributed by atoms with Gasteiger partial charge in [0.2, 0.25) is 5.91 Å². The average Bonchev–Trinajstić information content (AvgIpc) is 3.12. The first kappa shape index (κ1) is 15.8. The van der Waals surface area contributed by atoms with Crippen LogP contribution in [0.4, 0.5) is 4.79 Å². The van der Waals surface area contributed by atoms with Crippen LogP contribution in [-0.4, -0.2) is 18.0 Å². The normalized spacial score (nSPS) is 20.1. The van der Waals surface area contributed by atoms with Crippen molar-refractivity contribution in [2.24, 2.45) is 0 Å². The predicted molar refractivity (Wildman–Crippen MR) is 88.4 cm³/mol. The molecule has 23 heavy (non-hydrogen) atoms. The Morgan fingerprint density at radius 2 is 2.09 bits per heavy atom. The van der Waals surface area contributed by atoms with Crippen molar-refractivity contribution in [3.63, 3.8) is 0 Å². The molecule has 1 aliphatic heterocycles. The number of hydrogen-bond acceptors (Lipinski definition) is 4. The third-order valence-electron chi connectivity index (χ3n) is 3.54. The highest BCUT2D eigenvalue weighted by molar-refractivity contribution is 7.16. The van der Waals surface area contributed by atoms with Crippen LogP contribution in [0.15, 0.2) is 42.5 Å². The van der Waals surface area contributed by atoms with Crippen molar-refractivity contribution in [3.8, 4) is 0 Å². The molecule has 2 aromatic rings. The minimum Gasteiger partial charge on any atom is -0.445 e. The molecule has 5 nitrogen and oxygen atoms in total. The summed E-state index contributed by atoms with van der Waals surface area (Å²) in [4.78, 5) is 24.6. The van der Waals surface area contributed by atoms with Crippen LogP contribution >= 0.6 is 22.9 Å². The monoisotopic (exact) mass is 350 g/mol. The molecule has 7 heteroatoms. The van der Waals surface area contributed by atoms with E-state index in [2.05, 4.69) is 10.6 Å². The zero-order valence-corrected chi connectivity index (χ0v) is 13.7. The smallest absolute Gasteiger partial charge is 0.407 e. The van der Waals surface area contributed by atoms with Gasteiger partial charge in [0.15, 0.2) is 0 Å². The van der Waals surface area contributed by atoms with Crippen LogP contribution in [-0.2, 0) is 16.1 Å². The van der Waals surface area contributed by atoms with Gasteiger partial charge in [-0.2, -0.15) is 0 Å². The van der Waals surface area contributed by atoms with Crippen LogP contribution in [0.1, 0.15) is 22.9 Å². The molecule has 1 aromatic heterocycles. The molecule has 2 amide bonds. The molecule has 1 fully saturated rings. The van der Waals surface area contributed by atoms with Crippen LogP contribution in [0.3, 0.4) is 0 Å². The van der Waals surface area contributed by atoms with Crippen LogP contribution in [0.25, 0.3) is 0 Å². The SMILES string of the molecule is O=C1C[C@H](NC(=O)OCc2ccccc2)C(c2ccc(Cl)s2)N1. The van der Waals surface area contributed by atoms with Crippen molar-refractivity contribution in [3.05, 3.63) is 57.2 Å². The van der Waals surface area contributed by atoms with Crippen molar-refractivity contribution in [2.75, 3.05) is 0 Å². The van der Waals surface area contributed by atoms with Crippen molar-refractivity contribution in [1.82, 2.24) is 10.6 Å². The molecule has 0 saturated carbocycles. The lowest BCUT2D eigenvalue weighted by atomic mass is 10.1. The lowest BCUT2D eigenvalue weighted by molar-refractivity contribution is -0.119. The highest BCUT2D eigenvalue weighted by atomic mass is 35.5. The maximum absolute atomic E-state index is 12.0. The number of amides is 2. The fourth-order valence-electron chi connectivity index (χ4n) is 2.47. The highest BCUT2D eigenvalue weighted by Crippen LogP contribution is 2.32. The lowest BCUT2D eigenvalue weighted by Crippen LogP contribution is -2.38. The van der Waals surface area contributed by atoms with Gasteiger partial charge in [-0.15, -0.1) is 11.3 Å². The molecular formula is C16H15ClN2O3S. The summed E-state index contributed by atoms with van der Waals surface area (Å²) in [5, 5.41) is 5.61. The Balaban J connectivity index is 1.59. The van der Waals surface area contributed by atoms with Gasteiger partial charge in [-0.05, 0) is 17.7 Å². The molecule has 1 aromatic carbocycles. The van der Waals surface area contributed by atoms with Crippen molar-refractivity contribution >= 4 is 34.9 Å². The van der Waals surface area contributed by atoms with Crippen molar-refractivity contribution < 1.29 is 14.3 Å².